The van der Waals surface area contributed by atoms with Crippen LogP contribution in [-0.2, 0) is 16.0 Å². The van der Waals surface area contributed by atoms with E-state index in [0.29, 0.717) is 13.2 Å². The number of rotatable bonds is 6. The van der Waals surface area contributed by atoms with Crippen LogP contribution >= 0.6 is 12.4 Å². The van der Waals surface area contributed by atoms with Gasteiger partial charge in [-0.25, -0.2) is 0 Å². The van der Waals surface area contributed by atoms with Crippen molar-refractivity contribution < 1.29 is 9.53 Å². The van der Waals surface area contributed by atoms with E-state index in [2.05, 4.69) is 22.4 Å². The smallest absolute Gasteiger partial charge is 0.249 e. The van der Waals surface area contributed by atoms with Crippen molar-refractivity contribution in [2.45, 2.75) is 12.5 Å². The molecule has 1 unspecified atom stereocenters. The Bertz CT molecular complexity index is 640. The maximum absolute atomic E-state index is 12.5. The number of halogens is 1. The Balaban J connectivity index is 0.00000225. The fraction of sp³-hybridized carbons (Fsp3) is 0.368. The first-order valence-corrected chi connectivity index (χ1v) is 8.36. The summed E-state index contributed by atoms with van der Waals surface area (Å²) in [6, 6.07) is 14.1. The predicted octanol–water partition coefficient (Wildman–Crippen LogP) is 2.24. The lowest BCUT2D eigenvalue weighted by atomic mass is 10.1. The highest BCUT2D eigenvalue weighted by molar-refractivity contribution is 5.85. The van der Waals surface area contributed by atoms with E-state index in [4.69, 9.17) is 4.74 Å². The number of amides is 1. The van der Waals surface area contributed by atoms with Gasteiger partial charge in [0.2, 0.25) is 5.91 Å². The molecule has 2 heterocycles. The molecule has 2 aromatic rings. The lowest BCUT2D eigenvalue weighted by Crippen LogP contribution is -2.49. The predicted molar refractivity (Wildman–Crippen MR) is 99.8 cm³/mol. The molecule has 1 fully saturated rings. The Morgan fingerprint density at radius 1 is 1.24 bits per heavy atom. The number of pyridine rings is 1. The molecule has 1 aliphatic rings. The second-order valence-electron chi connectivity index (χ2n) is 5.88. The number of nitrogens with zero attached hydrogens (tertiary/aromatic N) is 2. The zero-order chi connectivity index (χ0) is 16.6. The topological polar surface area (TPSA) is 54.5 Å². The summed E-state index contributed by atoms with van der Waals surface area (Å²) in [5.74, 6) is 0.0402. The first-order chi connectivity index (χ1) is 11.8. The summed E-state index contributed by atoms with van der Waals surface area (Å²) in [5, 5.41) is 3.34. The van der Waals surface area contributed by atoms with Gasteiger partial charge in [0, 0.05) is 32.0 Å². The molecule has 0 saturated carbocycles. The van der Waals surface area contributed by atoms with Gasteiger partial charge in [0.25, 0.3) is 0 Å². The lowest BCUT2D eigenvalue weighted by molar-refractivity contribution is -0.139. The van der Waals surface area contributed by atoms with Gasteiger partial charge in [0.05, 0.1) is 12.6 Å². The summed E-state index contributed by atoms with van der Waals surface area (Å²) >= 11 is 0. The van der Waals surface area contributed by atoms with E-state index >= 15 is 0 Å². The molecule has 1 aliphatic heterocycles. The van der Waals surface area contributed by atoms with Gasteiger partial charge in [0.1, 0.15) is 6.61 Å². The molecule has 1 N–H and O–H groups in total. The van der Waals surface area contributed by atoms with Gasteiger partial charge in [0.15, 0.2) is 0 Å². The molecule has 25 heavy (non-hydrogen) atoms. The van der Waals surface area contributed by atoms with Gasteiger partial charge in [-0.15, -0.1) is 12.4 Å². The van der Waals surface area contributed by atoms with Crippen molar-refractivity contribution >= 4 is 18.3 Å². The molecule has 1 aromatic heterocycles. The van der Waals surface area contributed by atoms with E-state index in [9.17, 15) is 4.79 Å². The molecule has 0 spiro atoms. The average Bonchev–Trinajstić information content (AvgIpc) is 2.66. The van der Waals surface area contributed by atoms with Crippen LogP contribution in [0, 0.1) is 0 Å². The molecule has 1 saturated heterocycles. The highest BCUT2D eigenvalue weighted by Gasteiger charge is 2.27. The third-order valence-corrected chi connectivity index (χ3v) is 4.24. The third kappa shape index (κ3) is 5.53. The molecule has 0 radical (unpaired) electrons. The molecule has 134 valence electrons. The molecule has 3 rings (SSSR count). The van der Waals surface area contributed by atoms with Crippen LogP contribution in [0.1, 0.15) is 17.2 Å². The molecule has 1 atom stereocenters. The maximum atomic E-state index is 12.5. The molecule has 0 aliphatic carbocycles. The second kappa shape index (κ2) is 10.1. The monoisotopic (exact) mass is 361 g/mol. The van der Waals surface area contributed by atoms with Crippen molar-refractivity contribution in [1.82, 2.24) is 15.2 Å². The maximum Gasteiger partial charge on any atom is 0.249 e. The van der Waals surface area contributed by atoms with Crippen LogP contribution < -0.4 is 5.32 Å². The Labute approximate surface area is 154 Å². The van der Waals surface area contributed by atoms with Gasteiger partial charge in [-0.2, -0.15) is 0 Å². The highest BCUT2D eigenvalue weighted by Crippen LogP contribution is 2.21. The highest BCUT2D eigenvalue weighted by atomic mass is 35.5. The van der Waals surface area contributed by atoms with Crippen LogP contribution in [0.5, 0.6) is 0 Å². The van der Waals surface area contributed by atoms with Gasteiger partial charge in [-0.1, -0.05) is 36.4 Å². The molecule has 0 bridgehead atoms. The molecular weight excluding hydrogens is 338 g/mol. The van der Waals surface area contributed by atoms with Gasteiger partial charge in [-0.05, 0) is 23.6 Å². The molecule has 1 amide bonds. The van der Waals surface area contributed by atoms with Crippen molar-refractivity contribution in [3.05, 3.63) is 66.0 Å². The fourth-order valence-corrected chi connectivity index (χ4v) is 2.95. The number of benzene rings is 1. The normalized spacial score (nSPS) is 17.0. The minimum atomic E-state index is 0. The van der Waals surface area contributed by atoms with Crippen LogP contribution in [0.25, 0.3) is 0 Å². The fourth-order valence-electron chi connectivity index (χ4n) is 2.95. The number of carbonyl (C=O) groups excluding carboxylic acids is 1. The van der Waals surface area contributed by atoms with E-state index in [1.54, 1.807) is 6.20 Å². The van der Waals surface area contributed by atoms with Crippen LogP contribution in [-0.4, -0.2) is 48.6 Å². The minimum Gasteiger partial charge on any atom is -0.371 e. The molecule has 5 nitrogen and oxygen atoms in total. The van der Waals surface area contributed by atoms with Crippen LogP contribution in [0.2, 0.25) is 0 Å². The number of aromatic nitrogens is 1. The number of hydrogen-bond donors (Lipinski definition) is 1. The minimum absolute atomic E-state index is 0. The summed E-state index contributed by atoms with van der Waals surface area (Å²) in [7, 11) is 0. The van der Waals surface area contributed by atoms with Crippen molar-refractivity contribution in [2.24, 2.45) is 0 Å². The van der Waals surface area contributed by atoms with E-state index < -0.39 is 0 Å². The van der Waals surface area contributed by atoms with Crippen molar-refractivity contribution in [1.29, 1.82) is 0 Å². The van der Waals surface area contributed by atoms with Crippen molar-refractivity contribution in [3.8, 4) is 0 Å². The summed E-state index contributed by atoms with van der Waals surface area (Å²) in [5.41, 5.74) is 2.28. The van der Waals surface area contributed by atoms with Crippen LogP contribution in [0.3, 0.4) is 0 Å². The summed E-state index contributed by atoms with van der Waals surface area (Å²) < 4.78 is 5.61. The Morgan fingerprint density at radius 2 is 2.08 bits per heavy atom. The quantitative estimate of drug-likeness (QED) is 0.802. The summed E-state index contributed by atoms with van der Waals surface area (Å²) in [4.78, 5) is 18.6. The standard InChI is InChI=1S/C19H23N3O2.ClH/c23-19(15-24-12-8-16-5-2-1-3-6-16)22-11-10-21-14-18(22)17-7-4-9-20-13-17;/h1-7,9,13,18,21H,8,10-12,14-15H2;1H. The zero-order valence-electron chi connectivity index (χ0n) is 14.1. The number of piperazine rings is 1. The average molecular weight is 362 g/mol. The summed E-state index contributed by atoms with van der Waals surface area (Å²) in [6.45, 7) is 2.94. The number of nitrogens with one attached hydrogen (secondary N) is 1. The number of ether oxygens (including phenoxy) is 1. The largest absolute Gasteiger partial charge is 0.371 e. The third-order valence-electron chi connectivity index (χ3n) is 4.24. The number of carbonyl (C=O) groups is 1. The molecule has 6 heteroatoms. The Kier molecular flexibility index (Phi) is 7.85. The van der Waals surface area contributed by atoms with Gasteiger partial charge in [-0.3, -0.25) is 9.78 Å². The lowest BCUT2D eigenvalue weighted by Gasteiger charge is -2.36. The van der Waals surface area contributed by atoms with E-state index in [1.807, 2.05) is 41.4 Å². The summed E-state index contributed by atoms with van der Waals surface area (Å²) in [6.07, 6.45) is 4.40. The van der Waals surface area contributed by atoms with Gasteiger partial charge < -0.3 is 15.0 Å². The van der Waals surface area contributed by atoms with Crippen molar-refractivity contribution in [3.63, 3.8) is 0 Å². The first kappa shape index (κ1) is 19.4. The SMILES string of the molecule is Cl.O=C(COCCc1ccccc1)N1CCNCC1c1cccnc1. The Hall–Kier alpha value is -1.95. The second-order valence-corrected chi connectivity index (χ2v) is 5.88. The first-order valence-electron chi connectivity index (χ1n) is 8.36. The van der Waals surface area contributed by atoms with Gasteiger partial charge >= 0.3 is 0 Å². The number of hydrogen-bond acceptors (Lipinski definition) is 4. The van der Waals surface area contributed by atoms with Crippen LogP contribution in [0.15, 0.2) is 54.9 Å². The van der Waals surface area contributed by atoms with Crippen LogP contribution in [0.4, 0.5) is 0 Å². The molecule has 1 aromatic carbocycles. The Morgan fingerprint density at radius 3 is 2.84 bits per heavy atom. The van der Waals surface area contributed by atoms with E-state index in [-0.39, 0.29) is 31.0 Å². The zero-order valence-corrected chi connectivity index (χ0v) is 15.0. The van der Waals surface area contributed by atoms with E-state index in [1.165, 1.54) is 5.56 Å². The van der Waals surface area contributed by atoms with Crippen molar-refractivity contribution in [2.75, 3.05) is 32.8 Å². The van der Waals surface area contributed by atoms with E-state index in [0.717, 1.165) is 25.1 Å². The molecular formula is C19H24ClN3O2.